The highest BCUT2D eigenvalue weighted by Gasteiger charge is 2.39. The molecule has 0 saturated carbocycles. The van der Waals surface area contributed by atoms with Gasteiger partial charge in [0.2, 0.25) is 0 Å². The number of hydrogen-bond acceptors (Lipinski definition) is 2. The molecule has 0 amide bonds. The van der Waals surface area contributed by atoms with Crippen LogP contribution in [0.1, 0.15) is 72.6 Å². The summed E-state index contributed by atoms with van der Waals surface area (Å²) in [5.41, 5.74) is 12.2. The van der Waals surface area contributed by atoms with E-state index in [0.717, 1.165) is 26.0 Å². The molecule has 4 rings (SSSR count). The Bertz CT molecular complexity index is 1070. The lowest BCUT2D eigenvalue weighted by Gasteiger charge is -2.35. The van der Waals surface area contributed by atoms with Gasteiger partial charge < -0.3 is 14.4 Å². The molecule has 1 aromatic carbocycles. The summed E-state index contributed by atoms with van der Waals surface area (Å²) in [7, 11) is 0.871. The maximum absolute atomic E-state index is 11.4. The Balaban J connectivity index is 2.04. The number of carbonyl (C=O) groups is 1. The molecule has 4 nitrogen and oxygen atoms in total. The van der Waals surface area contributed by atoms with Crippen molar-refractivity contribution >= 4 is 19.1 Å². The van der Waals surface area contributed by atoms with Crippen molar-refractivity contribution in [2.75, 3.05) is 0 Å². The van der Waals surface area contributed by atoms with E-state index in [4.69, 9.17) is 0 Å². The average molecular weight is 388 g/mol. The summed E-state index contributed by atoms with van der Waals surface area (Å²) in [5.74, 6) is -0.887. The lowest BCUT2D eigenvalue weighted by molar-refractivity contribution is 0.0697. The highest BCUT2D eigenvalue weighted by molar-refractivity contribution is 6.34. The van der Waals surface area contributed by atoms with Crippen molar-refractivity contribution in [3.05, 3.63) is 74.8 Å². The van der Waals surface area contributed by atoms with Gasteiger partial charge in [-0.1, -0.05) is 26.0 Å². The van der Waals surface area contributed by atoms with E-state index < -0.39 is 5.97 Å². The quantitative estimate of drug-likeness (QED) is 0.774. The molecule has 0 spiro atoms. The Kier molecular flexibility index (Phi) is 4.72. The van der Waals surface area contributed by atoms with E-state index in [0.29, 0.717) is 11.6 Å². The van der Waals surface area contributed by atoms with Crippen LogP contribution in [0.5, 0.6) is 0 Å². The van der Waals surface area contributed by atoms with Crippen LogP contribution in [0.25, 0.3) is 5.57 Å². The number of allylic oxidation sites excluding steroid dienone is 1. The third-order valence-corrected chi connectivity index (χ3v) is 6.94. The number of carboxylic acid groups (broad SMARTS) is 1. The third kappa shape index (κ3) is 2.71. The molecule has 0 fully saturated rings. The molecule has 0 aliphatic carbocycles. The van der Waals surface area contributed by atoms with E-state index >= 15 is 0 Å². The molecule has 0 bridgehead atoms. The van der Waals surface area contributed by atoms with Gasteiger partial charge in [0.25, 0.3) is 0 Å². The predicted octanol–water partition coefficient (Wildman–Crippen LogP) is 4.68. The number of aromatic carboxylic acids is 1. The highest BCUT2D eigenvalue weighted by Crippen LogP contribution is 2.45. The molecule has 2 aliphatic rings. The first-order valence-electron chi connectivity index (χ1n) is 10.5. The van der Waals surface area contributed by atoms with Crippen molar-refractivity contribution in [1.82, 2.24) is 9.29 Å². The van der Waals surface area contributed by atoms with Gasteiger partial charge in [-0.3, -0.25) is 0 Å². The number of carboxylic acids is 1. The number of fused-ring (bicyclic) bond motifs is 2. The average Bonchev–Trinajstić information content (AvgIpc) is 3.10. The highest BCUT2D eigenvalue weighted by atomic mass is 16.4. The Morgan fingerprint density at radius 3 is 2.31 bits per heavy atom. The van der Waals surface area contributed by atoms with Crippen molar-refractivity contribution in [3.63, 3.8) is 0 Å². The molecule has 2 aromatic rings. The van der Waals surface area contributed by atoms with Crippen molar-refractivity contribution in [2.24, 2.45) is 0 Å². The second-order valence-corrected chi connectivity index (χ2v) is 8.22. The molecule has 1 unspecified atom stereocenters. The Morgan fingerprint density at radius 1 is 1.10 bits per heavy atom. The normalized spacial score (nSPS) is 18.1. The fourth-order valence-corrected chi connectivity index (χ4v) is 5.43. The topological polar surface area (TPSA) is 45.5 Å². The first-order valence-corrected chi connectivity index (χ1v) is 10.5. The largest absolute Gasteiger partial charge is 0.478 e. The molecule has 1 aromatic heterocycles. The lowest BCUT2D eigenvalue weighted by atomic mass is 9.88. The van der Waals surface area contributed by atoms with Gasteiger partial charge in [0.05, 0.1) is 5.56 Å². The van der Waals surface area contributed by atoms with Gasteiger partial charge in [-0.25, -0.2) is 4.79 Å². The van der Waals surface area contributed by atoms with Crippen LogP contribution >= 0.6 is 0 Å². The molecule has 0 saturated heterocycles. The van der Waals surface area contributed by atoms with E-state index in [1.807, 2.05) is 12.1 Å². The number of hydrogen-bond donors (Lipinski definition) is 1. The van der Waals surface area contributed by atoms with E-state index in [1.54, 1.807) is 12.1 Å². The fraction of sp³-hybridized carbons (Fsp3) is 0.375. The molecule has 3 heterocycles. The van der Waals surface area contributed by atoms with E-state index in [1.165, 1.54) is 44.9 Å². The SMILES string of the molecule is CCC1=C(C)C2=C(c3ccc(C(=O)O)cc3)c3c(C)c(CC)c(C)n3BN2C1C. The maximum Gasteiger partial charge on any atom is 0.361 e. The van der Waals surface area contributed by atoms with Gasteiger partial charge in [0.15, 0.2) is 0 Å². The molecular formula is C24H29BN2O2. The number of benzene rings is 1. The summed E-state index contributed by atoms with van der Waals surface area (Å²) in [4.78, 5) is 13.9. The van der Waals surface area contributed by atoms with Gasteiger partial charge in [0, 0.05) is 28.7 Å². The van der Waals surface area contributed by atoms with Crippen molar-refractivity contribution in [2.45, 2.75) is 60.4 Å². The van der Waals surface area contributed by atoms with Crippen LogP contribution < -0.4 is 0 Å². The molecule has 150 valence electrons. The van der Waals surface area contributed by atoms with Crippen LogP contribution in [-0.2, 0) is 6.42 Å². The van der Waals surface area contributed by atoms with Crippen LogP contribution in [0.3, 0.4) is 0 Å². The Morgan fingerprint density at radius 2 is 1.76 bits per heavy atom. The van der Waals surface area contributed by atoms with Gasteiger partial charge in [-0.05, 0) is 80.5 Å². The summed E-state index contributed by atoms with van der Waals surface area (Å²) >= 11 is 0. The first kappa shape index (κ1) is 19.6. The Hall–Kier alpha value is -2.69. The smallest absolute Gasteiger partial charge is 0.361 e. The zero-order valence-corrected chi connectivity index (χ0v) is 18.3. The molecule has 1 atom stereocenters. The maximum atomic E-state index is 11.4. The van der Waals surface area contributed by atoms with Crippen LogP contribution in [0.15, 0.2) is 41.1 Å². The second-order valence-electron chi connectivity index (χ2n) is 8.22. The van der Waals surface area contributed by atoms with E-state index in [2.05, 4.69) is 50.8 Å². The zero-order valence-electron chi connectivity index (χ0n) is 18.3. The molecule has 0 radical (unpaired) electrons. The summed E-state index contributed by atoms with van der Waals surface area (Å²) in [6.07, 6.45) is 2.06. The zero-order chi connectivity index (χ0) is 21.0. The van der Waals surface area contributed by atoms with Crippen molar-refractivity contribution in [3.8, 4) is 0 Å². The monoisotopic (exact) mass is 388 g/mol. The molecule has 5 heteroatoms. The predicted molar refractivity (Wildman–Crippen MR) is 120 cm³/mol. The van der Waals surface area contributed by atoms with Gasteiger partial charge in [-0.15, -0.1) is 0 Å². The summed E-state index contributed by atoms with van der Waals surface area (Å²) < 4.78 is 2.46. The van der Waals surface area contributed by atoms with Crippen molar-refractivity contribution < 1.29 is 9.90 Å². The van der Waals surface area contributed by atoms with Crippen LogP contribution in [-0.4, -0.2) is 34.0 Å². The first-order chi connectivity index (χ1) is 13.8. The van der Waals surface area contributed by atoms with E-state index in [-0.39, 0.29) is 0 Å². The summed E-state index contributed by atoms with van der Waals surface area (Å²) in [6.45, 7) is 13.5. The van der Waals surface area contributed by atoms with E-state index in [9.17, 15) is 9.90 Å². The molecule has 2 aliphatic heterocycles. The lowest BCUT2D eigenvalue weighted by Crippen LogP contribution is -2.40. The fourth-order valence-electron chi connectivity index (χ4n) is 5.43. The van der Waals surface area contributed by atoms with Crippen molar-refractivity contribution in [1.29, 1.82) is 0 Å². The van der Waals surface area contributed by atoms with Crippen LogP contribution in [0.4, 0.5) is 0 Å². The standard InChI is InChI=1S/C24H29BN2O2/c1-7-19-13(3)22-21(17-9-11-18(12-10-17)24(28)29)23-14(4)20(8-2)16(6)27(23)25-26(22)15(19)5/h9-12,15,25H,7-8H2,1-6H3,(H,28,29). The summed E-state index contributed by atoms with van der Waals surface area (Å²) in [6, 6.07) is 7.75. The number of nitrogens with zero attached hydrogens (tertiary/aromatic N) is 2. The minimum Gasteiger partial charge on any atom is -0.478 e. The van der Waals surface area contributed by atoms with Gasteiger partial charge >= 0.3 is 13.5 Å². The second kappa shape index (κ2) is 6.98. The third-order valence-electron chi connectivity index (χ3n) is 6.94. The van der Waals surface area contributed by atoms with Crippen LogP contribution in [0, 0.1) is 13.8 Å². The Labute approximate surface area is 173 Å². The van der Waals surface area contributed by atoms with Crippen LogP contribution in [0.2, 0.25) is 0 Å². The number of rotatable bonds is 4. The van der Waals surface area contributed by atoms with Gasteiger partial charge in [0.1, 0.15) is 0 Å². The molecule has 29 heavy (non-hydrogen) atoms. The minimum atomic E-state index is -0.887. The molecule has 1 N–H and O–H groups in total. The molecular weight excluding hydrogens is 359 g/mol. The van der Waals surface area contributed by atoms with Gasteiger partial charge in [-0.2, -0.15) is 0 Å². The summed E-state index contributed by atoms with van der Waals surface area (Å²) in [5, 5.41) is 9.32. The minimum absolute atomic E-state index is 0.325. The number of aromatic nitrogens is 1.